The third-order valence-electron chi connectivity index (χ3n) is 10.9. The number of benzene rings is 8. The molecule has 0 bridgehead atoms. The number of rotatable bonds is 5. The highest BCUT2D eigenvalue weighted by Crippen LogP contribution is 2.40. The van der Waals surface area contributed by atoms with Gasteiger partial charge in [-0.1, -0.05) is 171 Å². The standard InChI is InChI=1S/C49H35N3Si/c1-53(2)44-26-14-25-42(46(44)43-30-35-19-9-10-20-36(35)31-45(43)53)49-51-47(37-22-13-21-34(29-37)32-15-5-3-6-16-32)50-48(52-49)41-28-27-38(33-17-7-4-8-18-33)39-23-11-12-24-40(39)41/h3-31H,1-2H3. The minimum atomic E-state index is -2.01. The van der Waals surface area contributed by atoms with Crippen LogP contribution in [0.1, 0.15) is 0 Å². The van der Waals surface area contributed by atoms with E-state index in [1.165, 1.54) is 48.8 Å². The monoisotopic (exact) mass is 693 g/mol. The van der Waals surface area contributed by atoms with E-state index in [4.69, 9.17) is 15.0 Å². The fraction of sp³-hybridized carbons (Fsp3) is 0.0408. The van der Waals surface area contributed by atoms with E-state index < -0.39 is 8.07 Å². The molecule has 53 heavy (non-hydrogen) atoms. The zero-order valence-corrected chi connectivity index (χ0v) is 30.6. The average Bonchev–Trinajstić information content (AvgIpc) is 3.45. The summed E-state index contributed by atoms with van der Waals surface area (Å²) in [5.41, 5.74) is 10.2. The number of hydrogen-bond donors (Lipinski definition) is 0. The van der Waals surface area contributed by atoms with Gasteiger partial charge in [-0.2, -0.15) is 0 Å². The molecule has 250 valence electrons. The van der Waals surface area contributed by atoms with Gasteiger partial charge in [-0.25, -0.2) is 15.0 Å². The zero-order valence-electron chi connectivity index (χ0n) is 29.6. The molecule has 0 saturated carbocycles. The molecule has 0 fully saturated rings. The molecule has 8 aromatic carbocycles. The van der Waals surface area contributed by atoms with Gasteiger partial charge in [0, 0.05) is 16.7 Å². The predicted molar refractivity (Wildman–Crippen MR) is 224 cm³/mol. The molecule has 0 N–H and O–H groups in total. The first kappa shape index (κ1) is 31.3. The van der Waals surface area contributed by atoms with Crippen molar-refractivity contribution in [3.05, 3.63) is 176 Å². The van der Waals surface area contributed by atoms with Crippen LogP contribution in [0, 0.1) is 0 Å². The van der Waals surface area contributed by atoms with Crippen LogP contribution in [0.2, 0.25) is 13.1 Å². The number of nitrogens with zero attached hydrogens (tertiary/aromatic N) is 3. The van der Waals surface area contributed by atoms with Crippen LogP contribution in [0.4, 0.5) is 0 Å². The van der Waals surface area contributed by atoms with Crippen molar-refractivity contribution in [2.24, 2.45) is 0 Å². The van der Waals surface area contributed by atoms with E-state index in [9.17, 15) is 0 Å². The minimum absolute atomic E-state index is 0.657. The molecule has 0 spiro atoms. The van der Waals surface area contributed by atoms with Crippen LogP contribution in [0.3, 0.4) is 0 Å². The molecule has 3 nitrogen and oxygen atoms in total. The van der Waals surface area contributed by atoms with Crippen LogP contribution in [0.25, 0.3) is 89.1 Å². The molecule has 1 aliphatic heterocycles. The Labute approximate surface area is 310 Å². The first-order valence-electron chi connectivity index (χ1n) is 18.2. The molecule has 1 aliphatic rings. The van der Waals surface area contributed by atoms with Crippen molar-refractivity contribution in [3.8, 4) is 67.5 Å². The average molecular weight is 694 g/mol. The van der Waals surface area contributed by atoms with Gasteiger partial charge < -0.3 is 0 Å². The van der Waals surface area contributed by atoms with Gasteiger partial charge in [0.2, 0.25) is 0 Å². The van der Waals surface area contributed by atoms with Gasteiger partial charge in [-0.05, 0) is 83.5 Å². The Morgan fingerprint density at radius 2 is 0.887 bits per heavy atom. The first-order valence-corrected chi connectivity index (χ1v) is 21.2. The van der Waals surface area contributed by atoms with Crippen molar-refractivity contribution in [1.29, 1.82) is 0 Å². The third-order valence-corrected chi connectivity index (χ3v) is 14.4. The zero-order chi connectivity index (χ0) is 35.5. The van der Waals surface area contributed by atoms with Crippen molar-refractivity contribution in [2.45, 2.75) is 13.1 Å². The normalized spacial score (nSPS) is 12.9. The van der Waals surface area contributed by atoms with Gasteiger partial charge in [0.05, 0.1) is 0 Å². The molecule has 9 aromatic rings. The third kappa shape index (κ3) is 5.22. The lowest BCUT2D eigenvalue weighted by Crippen LogP contribution is -2.49. The maximum atomic E-state index is 5.39. The largest absolute Gasteiger partial charge is 0.208 e. The molecular weight excluding hydrogens is 659 g/mol. The van der Waals surface area contributed by atoms with E-state index in [1.807, 2.05) is 0 Å². The van der Waals surface area contributed by atoms with Crippen molar-refractivity contribution in [3.63, 3.8) is 0 Å². The molecule has 0 unspecified atom stereocenters. The SMILES string of the molecule is C[Si]1(C)c2cc3ccccc3cc2-c2c(-c3nc(-c4cccc(-c5ccccc5)c4)nc(-c4ccc(-c5ccccc5)c5ccccc45)n3)cccc21. The van der Waals surface area contributed by atoms with E-state index in [0.717, 1.165) is 33.2 Å². The second-order valence-corrected chi connectivity index (χ2v) is 18.8. The second kappa shape index (κ2) is 12.3. The summed E-state index contributed by atoms with van der Waals surface area (Å²) in [4.78, 5) is 16.0. The Hall–Kier alpha value is -6.49. The number of hydrogen-bond acceptors (Lipinski definition) is 3. The summed E-state index contributed by atoms with van der Waals surface area (Å²) in [6.45, 7) is 4.94. The fourth-order valence-corrected chi connectivity index (χ4v) is 11.3. The predicted octanol–water partition coefficient (Wildman–Crippen LogP) is 11.3. The van der Waals surface area contributed by atoms with E-state index >= 15 is 0 Å². The Kier molecular flexibility index (Phi) is 7.27. The summed E-state index contributed by atoms with van der Waals surface area (Å²) in [6.07, 6.45) is 0. The highest BCUT2D eigenvalue weighted by molar-refractivity contribution is 7.04. The fourth-order valence-electron chi connectivity index (χ4n) is 8.24. The van der Waals surface area contributed by atoms with Crippen LogP contribution < -0.4 is 10.4 Å². The number of fused-ring (bicyclic) bond motifs is 5. The highest BCUT2D eigenvalue weighted by Gasteiger charge is 2.39. The van der Waals surface area contributed by atoms with E-state index in [-0.39, 0.29) is 0 Å². The van der Waals surface area contributed by atoms with Crippen LogP contribution in [-0.4, -0.2) is 23.0 Å². The van der Waals surface area contributed by atoms with Crippen molar-refractivity contribution >= 4 is 40.0 Å². The van der Waals surface area contributed by atoms with Crippen LogP contribution in [-0.2, 0) is 0 Å². The second-order valence-electron chi connectivity index (χ2n) is 14.4. The first-order chi connectivity index (χ1) is 26.0. The molecule has 10 rings (SSSR count). The summed E-state index contributed by atoms with van der Waals surface area (Å²) >= 11 is 0. The number of aromatic nitrogens is 3. The molecule has 1 aromatic heterocycles. The summed E-state index contributed by atoms with van der Waals surface area (Å²) in [6, 6.07) is 62.9. The van der Waals surface area contributed by atoms with Crippen molar-refractivity contribution < 1.29 is 0 Å². The topological polar surface area (TPSA) is 38.7 Å². The van der Waals surface area contributed by atoms with Gasteiger partial charge in [0.25, 0.3) is 0 Å². The molecule has 0 amide bonds. The van der Waals surface area contributed by atoms with Gasteiger partial charge in [0.1, 0.15) is 8.07 Å². The molecule has 0 aliphatic carbocycles. The van der Waals surface area contributed by atoms with Crippen LogP contribution >= 0.6 is 0 Å². The Morgan fingerprint density at radius 3 is 1.64 bits per heavy atom. The Morgan fingerprint density at radius 1 is 0.340 bits per heavy atom. The summed E-state index contributed by atoms with van der Waals surface area (Å²) in [5.74, 6) is 2.01. The molecule has 0 saturated heterocycles. The summed E-state index contributed by atoms with van der Waals surface area (Å²) < 4.78 is 0. The maximum Gasteiger partial charge on any atom is 0.164 e. The quantitative estimate of drug-likeness (QED) is 0.168. The lowest BCUT2D eigenvalue weighted by Gasteiger charge is -2.19. The van der Waals surface area contributed by atoms with Gasteiger partial charge >= 0.3 is 0 Å². The van der Waals surface area contributed by atoms with Crippen LogP contribution in [0.5, 0.6) is 0 Å². The molecule has 2 heterocycles. The van der Waals surface area contributed by atoms with Gasteiger partial charge in [-0.15, -0.1) is 0 Å². The molecule has 0 atom stereocenters. The van der Waals surface area contributed by atoms with Crippen molar-refractivity contribution in [1.82, 2.24) is 15.0 Å². The lowest BCUT2D eigenvalue weighted by molar-refractivity contribution is 1.08. The van der Waals surface area contributed by atoms with E-state index in [2.05, 4.69) is 189 Å². The minimum Gasteiger partial charge on any atom is -0.208 e. The Bertz CT molecular complexity index is 2860. The maximum absolute atomic E-state index is 5.39. The van der Waals surface area contributed by atoms with Crippen LogP contribution in [0.15, 0.2) is 176 Å². The van der Waals surface area contributed by atoms with Gasteiger partial charge in [0.15, 0.2) is 17.5 Å². The Balaban J connectivity index is 1.23. The lowest BCUT2D eigenvalue weighted by atomic mass is 9.94. The summed E-state index contributed by atoms with van der Waals surface area (Å²) in [5, 5.41) is 7.70. The molecular formula is C49H35N3Si. The van der Waals surface area contributed by atoms with Crippen molar-refractivity contribution in [2.75, 3.05) is 0 Å². The molecule has 0 radical (unpaired) electrons. The van der Waals surface area contributed by atoms with E-state index in [1.54, 1.807) is 0 Å². The van der Waals surface area contributed by atoms with Gasteiger partial charge in [-0.3, -0.25) is 0 Å². The van der Waals surface area contributed by atoms with E-state index in [0.29, 0.717) is 17.5 Å². The summed E-state index contributed by atoms with van der Waals surface area (Å²) in [7, 11) is -2.01. The smallest absolute Gasteiger partial charge is 0.164 e. The molecule has 4 heteroatoms. The highest BCUT2D eigenvalue weighted by atomic mass is 28.3.